The van der Waals surface area contributed by atoms with Gasteiger partial charge in [-0.15, -0.1) is 0 Å². The van der Waals surface area contributed by atoms with Crippen molar-refractivity contribution in [2.24, 2.45) is 5.41 Å². The molecule has 0 aliphatic heterocycles. The minimum atomic E-state index is -0.0878. The summed E-state index contributed by atoms with van der Waals surface area (Å²) in [5, 5.41) is 0. The van der Waals surface area contributed by atoms with Crippen molar-refractivity contribution in [1.82, 2.24) is 0 Å². The van der Waals surface area contributed by atoms with E-state index in [2.05, 4.69) is 20.8 Å². The Morgan fingerprint density at radius 1 is 1.25 bits per heavy atom. The number of hydrogen-bond acceptors (Lipinski definition) is 2. The van der Waals surface area contributed by atoms with Crippen molar-refractivity contribution >= 4 is 11.9 Å². The Kier molecular flexibility index (Phi) is 3.88. The summed E-state index contributed by atoms with van der Waals surface area (Å²) in [6.45, 7) is 6.23. The molecule has 0 unspecified atom stereocenters. The third-order valence-electron chi connectivity index (χ3n) is 2.44. The van der Waals surface area contributed by atoms with Gasteiger partial charge in [-0.1, -0.05) is 39.0 Å². The molecular formula is C14H18O2. The summed E-state index contributed by atoms with van der Waals surface area (Å²) in [6, 6.07) is 7.74. The molecule has 1 rings (SSSR count). The topological polar surface area (TPSA) is 26.3 Å². The lowest BCUT2D eigenvalue weighted by Crippen LogP contribution is -2.09. The van der Waals surface area contributed by atoms with E-state index in [1.807, 2.05) is 24.3 Å². The first-order chi connectivity index (χ1) is 7.50. The number of methoxy groups -OCH3 is 1. The van der Waals surface area contributed by atoms with Gasteiger partial charge in [-0.05, 0) is 23.1 Å². The van der Waals surface area contributed by atoms with Gasteiger partial charge in [0.25, 0.3) is 0 Å². The molecular weight excluding hydrogens is 200 g/mol. The fraction of sp³-hybridized carbons (Fsp3) is 0.357. The second-order valence-corrected chi connectivity index (χ2v) is 4.67. The van der Waals surface area contributed by atoms with E-state index in [-0.39, 0.29) is 5.41 Å². The van der Waals surface area contributed by atoms with Crippen molar-refractivity contribution in [3.63, 3.8) is 0 Å². The van der Waals surface area contributed by atoms with Crippen LogP contribution in [-0.2, 0) is 4.79 Å². The maximum absolute atomic E-state index is 10.7. The quantitative estimate of drug-likeness (QED) is 0.574. The van der Waals surface area contributed by atoms with Crippen LogP contribution in [-0.4, -0.2) is 13.4 Å². The van der Waals surface area contributed by atoms with E-state index >= 15 is 0 Å². The van der Waals surface area contributed by atoms with Gasteiger partial charge in [-0.2, -0.15) is 0 Å². The normalized spacial score (nSPS) is 12.4. The lowest BCUT2D eigenvalue weighted by atomic mass is 9.81. The predicted octanol–water partition coefficient (Wildman–Crippen LogP) is 3.32. The number of hydrogen-bond donors (Lipinski definition) is 0. The zero-order valence-corrected chi connectivity index (χ0v) is 10.3. The average Bonchev–Trinajstić information content (AvgIpc) is 2.24. The average molecular weight is 218 g/mol. The molecule has 0 radical (unpaired) electrons. The summed E-state index contributed by atoms with van der Waals surface area (Å²) < 4.78 is 5.31. The highest BCUT2D eigenvalue weighted by molar-refractivity contribution is 5.85. The third kappa shape index (κ3) is 2.72. The number of aldehydes is 1. The van der Waals surface area contributed by atoms with Gasteiger partial charge in [-0.25, -0.2) is 0 Å². The van der Waals surface area contributed by atoms with E-state index < -0.39 is 0 Å². The highest BCUT2D eigenvalue weighted by atomic mass is 16.5. The number of ether oxygens (including phenoxy) is 1. The summed E-state index contributed by atoms with van der Waals surface area (Å²) in [5.41, 5.74) is 1.87. The van der Waals surface area contributed by atoms with E-state index in [1.54, 1.807) is 13.2 Å². The van der Waals surface area contributed by atoms with Crippen LogP contribution in [0.3, 0.4) is 0 Å². The van der Waals surface area contributed by atoms with Crippen molar-refractivity contribution in [1.29, 1.82) is 0 Å². The molecule has 16 heavy (non-hydrogen) atoms. The number of allylic oxidation sites excluding steroid dienone is 2. The summed E-state index contributed by atoms with van der Waals surface area (Å²) in [5.74, 6) is 0.797. The molecule has 0 spiro atoms. The number of benzene rings is 1. The maximum Gasteiger partial charge on any atom is 0.143 e. The zero-order chi connectivity index (χ0) is 12.2. The predicted molar refractivity (Wildman–Crippen MR) is 66.5 cm³/mol. The van der Waals surface area contributed by atoms with Gasteiger partial charge in [0.2, 0.25) is 0 Å². The van der Waals surface area contributed by atoms with Gasteiger partial charge in [0.1, 0.15) is 12.0 Å². The fourth-order valence-corrected chi connectivity index (χ4v) is 1.68. The third-order valence-corrected chi connectivity index (χ3v) is 2.44. The molecule has 0 atom stereocenters. The van der Waals surface area contributed by atoms with Crippen LogP contribution in [0.25, 0.3) is 5.57 Å². The SMILES string of the molecule is COc1ccccc1/C(=C\C=O)C(C)(C)C. The van der Waals surface area contributed by atoms with Gasteiger partial charge in [0.15, 0.2) is 0 Å². The standard InChI is InChI=1S/C14H18O2/c1-14(2,3)12(9-10-15)11-7-5-6-8-13(11)16-4/h5-10H,1-4H3/b12-9+. The van der Waals surface area contributed by atoms with Gasteiger partial charge in [0.05, 0.1) is 7.11 Å². The number of rotatable bonds is 3. The van der Waals surface area contributed by atoms with E-state index in [0.717, 1.165) is 23.2 Å². The molecule has 0 aliphatic rings. The van der Waals surface area contributed by atoms with E-state index in [9.17, 15) is 4.79 Å². The minimum absolute atomic E-state index is 0.0878. The lowest BCUT2D eigenvalue weighted by molar-refractivity contribution is -0.104. The highest BCUT2D eigenvalue weighted by Gasteiger charge is 2.20. The second kappa shape index (κ2) is 4.97. The van der Waals surface area contributed by atoms with Crippen molar-refractivity contribution in [3.8, 4) is 5.75 Å². The molecule has 2 nitrogen and oxygen atoms in total. The Bertz CT molecular complexity index is 397. The molecule has 0 heterocycles. The molecule has 2 heteroatoms. The molecule has 0 fully saturated rings. The summed E-state index contributed by atoms with van der Waals surface area (Å²) in [7, 11) is 1.64. The van der Waals surface area contributed by atoms with Crippen LogP contribution >= 0.6 is 0 Å². The van der Waals surface area contributed by atoms with Crippen LogP contribution in [0.4, 0.5) is 0 Å². The van der Waals surface area contributed by atoms with Gasteiger partial charge in [-0.3, -0.25) is 4.79 Å². The van der Waals surface area contributed by atoms with Crippen molar-refractivity contribution in [2.75, 3.05) is 7.11 Å². The first-order valence-electron chi connectivity index (χ1n) is 5.30. The first kappa shape index (κ1) is 12.5. The van der Waals surface area contributed by atoms with E-state index in [4.69, 9.17) is 4.74 Å². The first-order valence-corrected chi connectivity index (χ1v) is 5.30. The molecule has 0 N–H and O–H groups in total. The number of carbonyl (C=O) groups is 1. The highest BCUT2D eigenvalue weighted by Crippen LogP contribution is 2.37. The number of para-hydroxylation sites is 1. The Morgan fingerprint density at radius 3 is 2.38 bits per heavy atom. The summed E-state index contributed by atoms with van der Waals surface area (Å²) in [6.07, 6.45) is 2.44. The van der Waals surface area contributed by atoms with Crippen LogP contribution in [0.5, 0.6) is 5.75 Å². The van der Waals surface area contributed by atoms with Gasteiger partial charge in [0, 0.05) is 5.56 Å². The monoisotopic (exact) mass is 218 g/mol. The Morgan fingerprint density at radius 2 is 1.88 bits per heavy atom. The lowest BCUT2D eigenvalue weighted by Gasteiger charge is -2.24. The molecule has 1 aromatic rings. The van der Waals surface area contributed by atoms with Crippen molar-refractivity contribution in [3.05, 3.63) is 35.9 Å². The van der Waals surface area contributed by atoms with Crippen LogP contribution in [0.15, 0.2) is 30.3 Å². The number of carbonyl (C=O) groups excluding carboxylic acids is 1. The van der Waals surface area contributed by atoms with Gasteiger partial charge >= 0.3 is 0 Å². The molecule has 1 aromatic carbocycles. The van der Waals surface area contributed by atoms with E-state index in [0.29, 0.717) is 0 Å². The van der Waals surface area contributed by atoms with Crippen LogP contribution in [0.1, 0.15) is 26.3 Å². The van der Waals surface area contributed by atoms with Crippen molar-refractivity contribution in [2.45, 2.75) is 20.8 Å². The maximum atomic E-state index is 10.7. The summed E-state index contributed by atoms with van der Waals surface area (Å²) >= 11 is 0. The Balaban J connectivity index is 3.33. The smallest absolute Gasteiger partial charge is 0.143 e. The molecule has 0 aliphatic carbocycles. The zero-order valence-electron chi connectivity index (χ0n) is 10.3. The molecule has 0 saturated carbocycles. The van der Waals surface area contributed by atoms with Crippen LogP contribution in [0.2, 0.25) is 0 Å². The molecule has 86 valence electrons. The van der Waals surface area contributed by atoms with Crippen molar-refractivity contribution < 1.29 is 9.53 Å². The Hall–Kier alpha value is -1.57. The van der Waals surface area contributed by atoms with Gasteiger partial charge < -0.3 is 4.74 Å². The molecule has 0 amide bonds. The van der Waals surface area contributed by atoms with Crippen LogP contribution in [0, 0.1) is 5.41 Å². The molecule has 0 aromatic heterocycles. The van der Waals surface area contributed by atoms with E-state index in [1.165, 1.54) is 0 Å². The second-order valence-electron chi connectivity index (χ2n) is 4.67. The fourth-order valence-electron chi connectivity index (χ4n) is 1.68. The minimum Gasteiger partial charge on any atom is -0.496 e. The Labute approximate surface area is 96.9 Å². The largest absolute Gasteiger partial charge is 0.496 e. The van der Waals surface area contributed by atoms with Crippen LogP contribution < -0.4 is 4.74 Å². The molecule has 0 saturated heterocycles. The molecule has 0 bridgehead atoms. The summed E-state index contributed by atoms with van der Waals surface area (Å²) in [4.78, 5) is 10.7.